The van der Waals surface area contributed by atoms with E-state index in [2.05, 4.69) is 19.2 Å². The lowest BCUT2D eigenvalue weighted by Crippen LogP contribution is -2.53. The summed E-state index contributed by atoms with van der Waals surface area (Å²) in [6.07, 6.45) is 0. The van der Waals surface area contributed by atoms with E-state index in [0.29, 0.717) is 24.2 Å². The zero-order chi connectivity index (χ0) is 12.4. The first kappa shape index (κ1) is 12.3. The number of halogens is 2. The van der Waals surface area contributed by atoms with Crippen molar-refractivity contribution in [3.8, 4) is 0 Å². The maximum absolute atomic E-state index is 13.7. The maximum Gasteiger partial charge on any atom is 0.182 e. The number of piperazine rings is 1. The first-order valence-corrected chi connectivity index (χ1v) is 6.02. The quantitative estimate of drug-likeness (QED) is 0.854. The Morgan fingerprint density at radius 2 is 2.12 bits per heavy atom. The molecule has 17 heavy (non-hydrogen) atoms. The second-order valence-corrected chi connectivity index (χ2v) is 4.82. The molecule has 0 aromatic heterocycles. The highest BCUT2D eigenvalue weighted by atomic mass is 19.2. The van der Waals surface area contributed by atoms with Crippen LogP contribution in [-0.4, -0.2) is 25.7 Å². The smallest absolute Gasteiger partial charge is 0.182 e. The van der Waals surface area contributed by atoms with Crippen molar-refractivity contribution in [3.05, 3.63) is 29.8 Å². The standard InChI is InChI=1S/C13H18F2N2/c1-9(2)11-8-17(7-6-16-11)12-5-3-4-10(14)13(12)15/h3-5,9,11,16H,6-8H2,1-2H3. The molecule has 0 radical (unpaired) electrons. The summed E-state index contributed by atoms with van der Waals surface area (Å²) < 4.78 is 26.8. The molecule has 2 nitrogen and oxygen atoms in total. The fourth-order valence-corrected chi connectivity index (χ4v) is 2.18. The molecule has 1 aliphatic rings. The molecule has 1 N–H and O–H groups in total. The molecule has 1 saturated heterocycles. The molecule has 1 aromatic carbocycles. The van der Waals surface area contributed by atoms with E-state index in [9.17, 15) is 8.78 Å². The maximum atomic E-state index is 13.7. The average Bonchev–Trinajstić information content (AvgIpc) is 2.33. The molecule has 94 valence electrons. The van der Waals surface area contributed by atoms with Crippen molar-refractivity contribution in [1.29, 1.82) is 0 Å². The normalized spacial score (nSPS) is 21.0. The predicted molar refractivity (Wildman–Crippen MR) is 65.2 cm³/mol. The molecule has 0 saturated carbocycles. The lowest BCUT2D eigenvalue weighted by Gasteiger charge is -2.37. The molecule has 0 bridgehead atoms. The highest BCUT2D eigenvalue weighted by Crippen LogP contribution is 2.23. The van der Waals surface area contributed by atoms with Crippen LogP contribution in [0.2, 0.25) is 0 Å². The number of anilines is 1. The first-order chi connectivity index (χ1) is 8.09. The first-order valence-electron chi connectivity index (χ1n) is 6.02. The largest absolute Gasteiger partial charge is 0.366 e. The van der Waals surface area contributed by atoms with Crippen LogP contribution in [0.5, 0.6) is 0 Å². The van der Waals surface area contributed by atoms with Crippen molar-refractivity contribution in [2.24, 2.45) is 5.92 Å². The molecule has 4 heteroatoms. The van der Waals surface area contributed by atoms with Crippen LogP contribution in [0.15, 0.2) is 18.2 Å². The fourth-order valence-electron chi connectivity index (χ4n) is 2.18. The topological polar surface area (TPSA) is 15.3 Å². The van der Waals surface area contributed by atoms with Crippen LogP contribution in [-0.2, 0) is 0 Å². The van der Waals surface area contributed by atoms with Crippen LogP contribution in [0.3, 0.4) is 0 Å². The van der Waals surface area contributed by atoms with E-state index < -0.39 is 11.6 Å². The molecule has 1 heterocycles. The summed E-state index contributed by atoms with van der Waals surface area (Å²) in [7, 11) is 0. The second-order valence-electron chi connectivity index (χ2n) is 4.82. The van der Waals surface area contributed by atoms with Crippen LogP contribution >= 0.6 is 0 Å². The number of hydrogen-bond acceptors (Lipinski definition) is 2. The molecule has 2 rings (SSSR count). The van der Waals surface area contributed by atoms with Crippen molar-refractivity contribution in [3.63, 3.8) is 0 Å². The molecule has 0 amide bonds. The number of hydrogen-bond donors (Lipinski definition) is 1. The summed E-state index contributed by atoms with van der Waals surface area (Å²) in [6, 6.07) is 4.67. The van der Waals surface area contributed by atoms with Crippen molar-refractivity contribution in [2.45, 2.75) is 19.9 Å². The Kier molecular flexibility index (Phi) is 3.62. The van der Waals surface area contributed by atoms with Crippen LogP contribution in [0.1, 0.15) is 13.8 Å². The van der Waals surface area contributed by atoms with E-state index in [-0.39, 0.29) is 0 Å². The Hall–Kier alpha value is -1.16. The minimum Gasteiger partial charge on any atom is -0.366 e. The Morgan fingerprint density at radius 3 is 2.82 bits per heavy atom. The molecule has 0 aliphatic carbocycles. The average molecular weight is 240 g/mol. The monoisotopic (exact) mass is 240 g/mol. The highest BCUT2D eigenvalue weighted by Gasteiger charge is 2.24. The van der Waals surface area contributed by atoms with E-state index >= 15 is 0 Å². The lowest BCUT2D eigenvalue weighted by molar-refractivity contribution is 0.365. The van der Waals surface area contributed by atoms with Crippen molar-refractivity contribution in [1.82, 2.24) is 5.32 Å². The minimum absolute atomic E-state index is 0.325. The molecule has 0 spiro atoms. The van der Waals surface area contributed by atoms with E-state index in [1.807, 2.05) is 4.90 Å². The van der Waals surface area contributed by atoms with Gasteiger partial charge in [0, 0.05) is 25.7 Å². The zero-order valence-corrected chi connectivity index (χ0v) is 10.2. The third-order valence-electron chi connectivity index (χ3n) is 3.28. The van der Waals surface area contributed by atoms with Crippen LogP contribution in [0.4, 0.5) is 14.5 Å². The number of nitrogens with one attached hydrogen (secondary N) is 1. The van der Waals surface area contributed by atoms with E-state index in [0.717, 1.165) is 19.2 Å². The SMILES string of the molecule is CC(C)C1CN(c2cccc(F)c2F)CCN1. The van der Waals surface area contributed by atoms with E-state index in [1.54, 1.807) is 12.1 Å². The molecule has 1 fully saturated rings. The molecule has 1 unspecified atom stereocenters. The summed E-state index contributed by atoms with van der Waals surface area (Å²) >= 11 is 0. The van der Waals surface area contributed by atoms with Crippen LogP contribution < -0.4 is 10.2 Å². The van der Waals surface area contributed by atoms with Gasteiger partial charge in [0.05, 0.1) is 5.69 Å². The van der Waals surface area contributed by atoms with Gasteiger partial charge in [-0.15, -0.1) is 0 Å². The van der Waals surface area contributed by atoms with E-state index in [1.165, 1.54) is 0 Å². The molecule has 1 aliphatic heterocycles. The number of benzene rings is 1. The minimum atomic E-state index is -0.776. The molecule has 1 atom stereocenters. The summed E-state index contributed by atoms with van der Waals surface area (Å²) in [5.74, 6) is -1.03. The summed E-state index contributed by atoms with van der Waals surface area (Å²) in [5.41, 5.74) is 0.372. The van der Waals surface area contributed by atoms with Crippen LogP contribution in [0.25, 0.3) is 0 Å². The van der Waals surface area contributed by atoms with Crippen molar-refractivity contribution < 1.29 is 8.78 Å². The van der Waals surface area contributed by atoms with Gasteiger partial charge in [0.1, 0.15) is 0 Å². The Labute approximate surface area is 101 Å². The van der Waals surface area contributed by atoms with Crippen molar-refractivity contribution in [2.75, 3.05) is 24.5 Å². The van der Waals surface area contributed by atoms with Gasteiger partial charge in [0.15, 0.2) is 11.6 Å². The Balaban J connectivity index is 2.19. The Bertz CT molecular complexity index is 393. The number of nitrogens with zero attached hydrogens (tertiary/aromatic N) is 1. The number of rotatable bonds is 2. The van der Waals surface area contributed by atoms with Gasteiger partial charge >= 0.3 is 0 Å². The second kappa shape index (κ2) is 5.00. The van der Waals surface area contributed by atoms with Gasteiger partial charge in [0.2, 0.25) is 0 Å². The van der Waals surface area contributed by atoms with Gasteiger partial charge in [-0.05, 0) is 18.1 Å². The van der Waals surface area contributed by atoms with Gasteiger partial charge in [0.25, 0.3) is 0 Å². The van der Waals surface area contributed by atoms with Gasteiger partial charge in [-0.1, -0.05) is 19.9 Å². The van der Waals surface area contributed by atoms with Gasteiger partial charge in [-0.25, -0.2) is 8.78 Å². The molecular weight excluding hydrogens is 222 g/mol. The highest BCUT2D eigenvalue weighted by molar-refractivity contribution is 5.48. The third-order valence-corrected chi connectivity index (χ3v) is 3.28. The summed E-state index contributed by atoms with van der Waals surface area (Å²) in [6.45, 7) is 6.49. The van der Waals surface area contributed by atoms with Crippen molar-refractivity contribution >= 4 is 5.69 Å². The summed E-state index contributed by atoms with van der Waals surface area (Å²) in [4.78, 5) is 1.92. The molecule has 1 aromatic rings. The molecular formula is C13H18F2N2. The lowest BCUT2D eigenvalue weighted by atomic mass is 10.0. The van der Waals surface area contributed by atoms with Crippen LogP contribution in [0, 0.1) is 17.6 Å². The van der Waals surface area contributed by atoms with E-state index in [4.69, 9.17) is 0 Å². The third kappa shape index (κ3) is 2.57. The fraction of sp³-hybridized carbons (Fsp3) is 0.538. The predicted octanol–water partition coefficient (Wildman–Crippen LogP) is 2.40. The van der Waals surface area contributed by atoms with Gasteiger partial charge < -0.3 is 10.2 Å². The summed E-state index contributed by atoms with van der Waals surface area (Å²) in [5, 5.41) is 3.39. The Morgan fingerprint density at radius 1 is 1.35 bits per heavy atom. The van der Waals surface area contributed by atoms with Gasteiger partial charge in [-0.3, -0.25) is 0 Å². The zero-order valence-electron chi connectivity index (χ0n) is 10.2. The van der Waals surface area contributed by atoms with Gasteiger partial charge in [-0.2, -0.15) is 0 Å².